The van der Waals surface area contributed by atoms with Crippen molar-refractivity contribution in [2.75, 3.05) is 0 Å². The average Bonchev–Trinajstić information content (AvgIpc) is 3.24. The Kier molecular flexibility index (Phi) is 7.29. The van der Waals surface area contributed by atoms with Crippen molar-refractivity contribution < 1.29 is 13.6 Å². The zero-order chi connectivity index (χ0) is 24.2. The highest BCUT2D eigenvalue weighted by molar-refractivity contribution is 7.98. The Morgan fingerprint density at radius 3 is 2.56 bits per heavy atom. The molecule has 4 rings (SSSR count). The summed E-state index contributed by atoms with van der Waals surface area (Å²) < 4.78 is 28.7. The van der Waals surface area contributed by atoms with Crippen LogP contribution < -0.4 is 5.32 Å². The molecule has 34 heavy (non-hydrogen) atoms. The number of nitrogens with zero attached hydrogens (tertiary/aromatic N) is 3. The van der Waals surface area contributed by atoms with Gasteiger partial charge in [0.25, 0.3) is 5.91 Å². The highest BCUT2D eigenvalue weighted by Gasteiger charge is 2.23. The van der Waals surface area contributed by atoms with Gasteiger partial charge in [-0.05, 0) is 67.4 Å². The molecule has 1 aromatic heterocycles. The minimum Gasteiger partial charge on any atom is -0.342 e. The number of benzene rings is 3. The summed E-state index contributed by atoms with van der Waals surface area (Å²) in [5.41, 5.74) is 2.86. The van der Waals surface area contributed by atoms with Crippen molar-refractivity contribution in [3.05, 3.63) is 106 Å². The zero-order valence-electron chi connectivity index (χ0n) is 18.4. The van der Waals surface area contributed by atoms with Gasteiger partial charge in [0, 0.05) is 16.3 Å². The van der Waals surface area contributed by atoms with Crippen LogP contribution in [0.15, 0.2) is 71.9 Å². The second-order valence-electron chi connectivity index (χ2n) is 7.73. The number of amides is 1. The first-order valence-electron chi connectivity index (χ1n) is 10.5. The van der Waals surface area contributed by atoms with Crippen molar-refractivity contribution in [2.24, 2.45) is 0 Å². The maximum absolute atomic E-state index is 13.6. The molecule has 0 aliphatic carbocycles. The lowest BCUT2D eigenvalue weighted by Gasteiger charge is -2.18. The Hall–Kier alpha value is -3.23. The van der Waals surface area contributed by atoms with Crippen LogP contribution in [-0.2, 0) is 5.75 Å². The van der Waals surface area contributed by atoms with E-state index in [9.17, 15) is 13.6 Å². The van der Waals surface area contributed by atoms with E-state index in [1.807, 2.05) is 23.6 Å². The average molecular weight is 499 g/mol. The number of aryl methyl sites for hydroxylation is 1. The Labute approximate surface area is 205 Å². The van der Waals surface area contributed by atoms with Gasteiger partial charge in [0.1, 0.15) is 11.6 Å². The summed E-state index contributed by atoms with van der Waals surface area (Å²) in [5.74, 6) is -0.169. The topological polar surface area (TPSA) is 59.8 Å². The molecule has 3 aromatic carbocycles. The van der Waals surface area contributed by atoms with Gasteiger partial charge in [-0.25, -0.2) is 8.78 Å². The molecule has 1 heterocycles. The molecule has 0 fully saturated rings. The maximum Gasteiger partial charge on any atom is 0.251 e. The molecule has 0 aliphatic rings. The Morgan fingerprint density at radius 1 is 1.06 bits per heavy atom. The van der Waals surface area contributed by atoms with Crippen molar-refractivity contribution in [2.45, 2.75) is 30.8 Å². The number of nitrogens with one attached hydrogen (secondary N) is 1. The van der Waals surface area contributed by atoms with Crippen LogP contribution in [0, 0.1) is 18.6 Å². The molecule has 1 unspecified atom stereocenters. The summed E-state index contributed by atoms with van der Waals surface area (Å²) in [6, 6.07) is 16.7. The van der Waals surface area contributed by atoms with Gasteiger partial charge in [0.2, 0.25) is 0 Å². The van der Waals surface area contributed by atoms with Crippen LogP contribution in [0.2, 0.25) is 5.02 Å². The van der Waals surface area contributed by atoms with E-state index >= 15 is 0 Å². The van der Waals surface area contributed by atoms with E-state index in [0.717, 1.165) is 16.8 Å². The number of hydrogen-bond donors (Lipinski definition) is 1. The quantitative estimate of drug-likeness (QED) is 0.304. The molecule has 0 bridgehead atoms. The van der Waals surface area contributed by atoms with Gasteiger partial charge in [-0.15, -0.1) is 10.2 Å². The molecule has 174 valence electrons. The molecule has 1 atom stereocenters. The first kappa shape index (κ1) is 23.9. The summed E-state index contributed by atoms with van der Waals surface area (Å²) in [6.07, 6.45) is 0. The second-order valence-corrected chi connectivity index (χ2v) is 9.11. The lowest BCUT2D eigenvalue weighted by molar-refractivity contribution is 0.0937. The van der Waals surface area contributed by atoms with Crippen molar-refractivity contribution >= 4 is 29.3 Å². The Morgan fingerprint density at radius 2 is 1.82 bits per heavy atom. The molecular weight excluding hydrogens is 478 g/mol. The monoisotopic (exact) mass is 498 g/mol. The van der Waals surface area contributed by atoms with Crippen LogP contribution in [0.5, 0.6) is 0 Å². The number of rotatable bonds is 7. The van der Waals surface area contributed by atoms with E-state index in [1.54, 1.807) is 31.2 Å². The minimum atomic E-state index is -0.540. The number of aromatic nitrogens is 3. The molecule has 0 saturated carbocycles. The largest absolute Gasteiger partial charge is 0.342 e. The molecule has 1 amide bonds. The fraction of sp³-hybridized carbons (Fsp3) is 0.160. The third kappa shape index (κ3) is 5.46. The number of carbonyl (C=O) groups excluding carboxylic acids is 1. The van der Waals surface area contributed by atoms with Crippen LogP contribution in [0.3, 0.4) is 0 Å². The smallest absolute Gasteiger partial charge is 0.251 e. The lowest BCUT2D eigenvalue weighted by atomic mass is 10.1. The van der Waals surface area contributed by atoms with E-state index in [4.69, 9.17) is 11.6 Å². The molecule has 5 nitrogen and oxygen atoms in total. The van der Waals surface area contributed by atoms with Crippen LogP contribution in [0.4, 0.5) is 8.78 Å². The van der Waals surface area contributed by atoms with Gasteiger partial charge in [-0.2, -0.15) is 0 Å². The van der Waals surface area contributed by atoms with Gasteiger partial charge >= 0.3 is 0 Å². The van der Waals surface area contributed by atoms with Crippen LogP contribution >= 0.6 is 23.4 Å². The van der Waals surface area contributed by atoms with Crippen molar-refractivity contribution in [1.29, 1.82) is 0 Å². The fourth-order valence-electron chi connectivity index (χ4n) is 3.41. The van der Waals surface area contributed by atoms with E-state index in [-0.39, 0.29) is 11.4 Å². The summed E-state index contributed by atoms with van der Waals surface area (Å²) in [6.45, 7) is 3.73. The summed E-state index contributed by atoms with van der Waals surface area (Å²) in [5, 5.41) is 12.7. The van der Waals surface area contributed by atoms with Gasteiger partial charge in [0.05, 0.1) is 11.7 Å². The van der Waals surface area contributed by atoms with Gasteiger partial charge in [-0.3, -0.25) is 9.36 Å². The van der Waals surface area contributed by atoms with E-state index in [2.05, 4.69) is 15.5 Å². The summed E-state index contributed by atoms with van der Waals surface area (Å²) >= 11 is 7.72. The number of carbonyl (C=O) groups is 1. The molecule has 0 aliphatic heterocycles. The molecular formula is C25H21ClF2N4OS. The third-order valence-electron chi connectivity index (χ3n) is 5.17. The van der Waals surface area contributed by atoms with E-state index < -0.39 is 17.8 Å². The first-order valence-corrected chi connectivity index (χ1v) is 11.8. The SMILES string of the molecule is Cc1ccc(Cl)cc1-n1c(SCc2ccc(F)cc2)nnc1C(C)NC(=O)c1cccc(F)c1. The predicted molar refractivity (Wildman–Crippen MR) is 129 cm³/mol. The van der Waals surface area contributed by atoms with Crippen LogP contribution in [-0.4, -0.2) is 20.7 Å². The van der Waals surface area contributed by atoms with Crippen molar-refractivity contribution in [1.82, 2.24) is 20.1 Å². The first-order chi connectivity index (χ1) is 16.3. The third-order valence-corrected chi connectivity index (χ3v) is 6.41. The number of halogens is 3. The van der Waals surface area contributed by atoms with Gasteiger partial charge in [0.15, 0.2) is 11.0 Å². The second kappa shape index (κ2) is 10.4. The van der Waals surface area contributed by atoms with E-state index in [1.165, 1.54) is 42.1 Å². The molecule has 0 spiro atoms. The Bertz CT molecular complexity index is 1330. The molecule has 0 radical (unpaired) electrons. The van der Waals surface area contributed by atoms with Crippen LogP contribution in [0.1, 0.15) is 40.3 Å². The molecule has 1 N–H and O–H groups in total. The Balaban J connectivity index is 1.66. The number of thioether (sulfide) groups is 1. The van der Waals surface area contributed by atoms with Crippen molar-refractivity contribution in [3.63, 3.8) is 0 Å². The number of hydrogen-bond acceptors (Lipinski definition) is 4. The zero-order valence-corrected chi connectivity index (χ0v) is 20.0. The lowest BCUT2D eigenvalue weighted by Crippen LogP contribution is -2.28. The summed E-state index contributed by atoms with van der Waals surface area (Å²) in [7, 11) is 0. The van der Waals surface area contributed by atoms with Crippen LogP contribution in [0.25, 0.3) is 5.69 Å². The fourth-order valence-corrected chi connectivity index (χ4v) is 4.48. The van der Waals surface area contributed by atoms with Crippen molar-refractivity contribution in [3.8, 4) is 5.69 Å². The highest BCUT2D eigenvalue weighted by Crippen LogP contribution is 2.30. The summed E-state index contributed by atoms with van der Waals surface area (Å²) in [4.78, 5) is 12.7. The normalized spacial score (nSPS) is 11.9. The highest BCUT2D eigenvalue weighted by atomic mass is 35.5. The molecule has 4 aromatic rings. The standard InChI is InChI=1S/C25H21ClF2N4OS/c1-15-6-9-19(26)13-22(15)32-23(16(2)29-24(33)18-4-3-5-21(28)12-18)30-31-25(32)34-14-17-7-10-20(27)11-8-17/h3-13,16H,14H2,1-2H3,(H,29,33). The van der Waals surface area contributed by atoms with Gasteiger partial charge in [-0.1, -0.05) is 47.6 Å². The molecule has 9 heteroatoms. The predicted octanol–water partition coefficient (Wildman–Crippen LogP) is 6.29. The maximum atomic E-state index is 13.6. The minimum absolute atomic E-state index is 0.211. The molecule has 0 saturated heterocycles. The van der Waals surface area contributed by atoms with E-state index in [0.29, 0.717) is 21.8 Å². The van der Waals surface area contributed by atoms with Gasteiger partial charge < -0.3 is 5.32 Å².